The fourth-order valence-electron chi connectivity index (χ4n) is 1.95. The van der Waals surface area contributed by atoms with Crippen molar-refractivity contribution in [2.24, 2.45) is 10.9 Å². The van der Waals surface area contributed by atoms with Gasteiger partial charge in [-0.2, -0.15) is 0 Å². The maximum Gasteiger partial charge on any atom is 0.191 e. The first-order chi connectivity index (χ1) is 9.79. The lowest BCUT2D eigenvalue weighted by atomic mass is 10.2. The van der Waals surface area contributed by atoms with Gasteiger partial charge in [0.1, 0.15) is 5.75 Å². The molecule has 0 radical (unpaired) electrons. The van der Waals surface area contributed by atoms with Crippen molar-refractivity contribution in [1.29, 1.82) is 0 Å². The Hall–Kier alpha value is -1.36. The largest absolute Gasteiger partial charge is 0.496 e. The molecule has 0 saturated carbocycles. The number of nitrogens with one attached hydrogen (secondary N) is 2. The molecule has 1 aromatic carbocycles. The highest BCUT2D eigenvalue weighted by molar-refractivity contribution is 7.99. The highest BCUT2D eigenvalue weighted by Crippen LogP contribution is 2.29. The number of ether oxygens (including phenoxy) is 1. The van der Waals surface area contributed by atoms with Crippen molar-refractivity contribution in [2.75, 3.05) is 32.5 Å². The molecule has 0 aromatic heterocycles. The zero-order valence-electron chi connectivity index (χ0n) is 12.2. The Balaban J connectivity index is 1.74. The van der Waals surface area contributed by atoms with Gasteiger partial charge >= 0.3 is 0 Å². The fraction of sp³-hybridized carbons (Fsp3) is 0.533. The van der Waals surface area contributed by atoms with Crippen LogP contribution in [0.1, 0.15) is 13.3 Å². The molecule has 5 heteroatoms. The summed E-state index contributed by atoms with van der Waals surface area (Å²) in [7, 11) is 1.72. The molecule has 0 spiro atoms. The molecule has 0 bridgehead atoms. The number of benzene rings is 1. The first-order valence-electron chi connectivity index (χ1n) is 7.07. The molecule has 4 nitrogen and oxygen atoms in total. The molecule has 1 unspecified atom stereocenters. The molecule has 20 heavy (non-hydrogen) atoms. The van der Waals surface area contributed by atoms with Crippen LogP contribution in [0.5, 0.6) is 5.75 Å². The van der Waals surface area contributed by atoms with Crippen molar-refractivity contribution >= 4 is 17.7 Å². The molecule has 1 aliphatic rings. The molecule has 0 saturated heterocycles. The highest BCUT2D eigenvalue weighted by atomic mass is 32.2. The van der Waals surface area contributed by atoms with Crippen LogP contribution in [-0.4, -0.2) is 38.5 Å². The van der Waals surface area contributed by atoms with Gasteiger partial charge in [0.15, 0.2) is 5.96 Å². The molecule has 0 amide bonds. The molecule has 110 valence electrons. The predicted octanol–water partition coefficient (Wildman–Crippen LogP) is 2.36. The Morgan fingerprint density at radius 1 is 1.45 bits per heavy atom. The van der Waals surface area contributed by atoms with E-state index in [1.807, 2.05) is 23.9 Å². The number of hydrogen-bond donors (Lipinski definition) is 2. The van der Waals surface area contributed by atoms with Crippen molar-refractivity contribution < 1.29 is 4.74 Å². The summed E-state index contributed by atoms with van der Waals surface area (Å²) < 4.78 is 5.37. The Labute approximate surface area is 125 Å². The number of hydrogen-bond acceptors (Lipinski definition) is 5. The first-order valence-corrected chi connectivity index (χ1v) is 8.06. The van der Waals surface area contributed by atoms with Crippen LogP contribution in [0.15, 0.2) is 34.2 Å². The van der Waals surface area contributed by atoms with Crippen LogP contribution < -0.4 is 15.4 Å². The van der Waals surface area contributed by atoms with Crippen molar-refractivity contribution in [3.05, 3.63) is 24.3 Å². The normalized spacial score (nSPS) is 16.0. The van der Waals surface area contributed by atoms with Crippen LogP contribution in [0.3, 0.4) is 0 Å². The lowest BCUT2D eigenvalue weighted by Crippen LogP contribution is -2.42. The van der Waals surface area contributed by atoms with E-state index in [4.69, 9.17) is 4.74 Å². The topological polar surface area (TPSA) is 45.6 Å². The summed E-state index contributed by atoms with van der Waals surface area (Å²) in [5.74, 6) is 3.53. The molecular weight excluding hydrogens is 270 g/mol. The third-order valence-corrected chi connectivity index (χ3v) is 4.49. The van der Waals surface area contributed by atoms with Gasteiger partial charge in [-0.15, -0.1) is 11.8 Å². The summed E-state index contributed by atoms with van der Waals surface area (Å²) in [5, 5.41) is 6.66. The smallest absolute Gasteiger partial charge is 0.191 e. The lowest BCUT2D eigenvalue weighted by Gasteiger charge is -2.18. The van der Waals surface area contributed by atoms with Gasteiger partial charge in [-0.05, 0) is 24.5 Å². The van der Waals surface area contributed by atoms with E-state index >= 15 is 0 Å². The second-order valence-electron chi connectivity index (χ2n) is 4.96. The minimum Gasteiger partial charge on any atom is -0.496 e. The molecule has 1 aliphatic heterocycles. The van der Waals surface area contributed by atoms with Crippen molar-refractivity contribution in [1.82, 2.24) is 10.6 Å². The van der Waals surface area contributed by atoms with E-state index in [0.29, 0.717) is 5.92 Å². The van der Waals surface area contributed by atoms with Gasteiger partial charge < -0.3 is 15.4 Å². The molecule has 1 aromatic rings. The average Bonchev–Trinajstić information content (AvgIpc) is 2.52. The minimum atomic E-state index is 0.566. The molecule has 1 atom stereocenters. The van der Waals surface area contributed by atoms with Crippen LogP contribution in [0, 0.1) is 5.92 Å². The zero-order valence-corrected chi connectivity index (χ0v) is 13.0. The van der Waals surface area contributed by atoms with Crippen LogP contribution in [0.2, 0.25) is 0 Å². The van der Waals surface area contributed by atoms with Crippen molar-refractivity contribution in [2.45, 2.75) is 18.2 Å². The maximum absolute atomic E-state index is 5.37. The Morgan fingerprint density at radius 3 is 3.05 bits per heavy atom. The summed E-state index contributed by atoms with van der Waals surface area (Å²) in [6.07, 6.45) is 1.13. The van der Waals surface area contributed by atoms with E-state index in [9.17, 15) is 0 Å². The standard InChI is InChI=1S/C15H23N3OS/c1-12(10-18-15-16-8-5-9-17-15)11-20-14-7-4-3-6-13(14)19-2/h3-4,6-7,12H,5,8-11H2,1-2H3,(H2,16,17,18). The SMILES string of the molecule is COc1ccccc1SCC(C)CNC1=NCCCN1. The number of nitrogens with zero attached hydrogens (tertiary/aromatic N) is 1. The number of methoxy groups -OCH3 is 1. The number of aliphatic imine (C=N–C) groups is 1. The average molecular weight is 293 g/mol. The predicted molar refractivity (Wildman–Crippen MR) is 85.8 cm³/mol. The van der Waals surface area contributed by atoms with E-state index in [0.717, 1.165) is 43.5 Å². The molecule has 2 rings (SSSR count). The van der Waals surface area contributed by atoms with Gasteiger partial charge in [-0.3, -0.25) is 4.99 Å². The Morgan fingerprint density at radius 2 is 2.30 bits per heavy atom. The van der Waals surface area contributed by atoms with Crippen LogP contribution in [-0.2, 0) is 0 Å². The van der Waals surface area contributed by atoms with Gasteiger partial charge in [-0.1, -0.05) is 19.1 Å². The molecule has 0 fully saturated rings. The van der Waals surface area contributed by atoms with Crippen LogP contribution >= 0.6 is 11.8 Å². The molecule has 2 N–H and O–H groups in total. The van der Waals surface area contributed by atoms with E-state index in [1.54, 1.807) is 7.11 Å². The van der Waals surface area contributed by atoms with Gasteiger partial charge in [0.25, 0.3) is 0 Å². The second-order valence-corrected chi connectivity index (χ2v) is 6.02. The third-order valence-electron chi connectivity index (χ3n) is 3.11. The van der Waals surface area contributed by atoms with E-state index < -0.39 is 0 Å². The summed E-state index contributed by atoms with van der Waals surface area (Å²) in [5.41, 5.74) is 0. The van der Waals surface area contributed by atoms with Gasteiger partial charge in [0.05, 0.1) is 7.11 Å². The molecule has 1 heterocycles. The number of guanidine groups is 1. The van der Waals surface area contributed by atoms with Gasteiger partial charge in [0.2, 0.25) is 0 Å². The lowest BCUT2D eigenvalue weighted by molar-refractivity contribution is 0.405. The van der Waals surface area contributed by atoms with E-state index in [2.05, 4.69) is 34.7 Å². The van der Waals surface area contributed by atoms with Crippen LogP contribution in [0.4, 0.5) is 0 Å². The van der Waals surface area contributed by atoms with Crippen LogP contribution in [0.25, 0.3) is 0 Å². The quantitative estimate of drug-likeness (QED) is 0.791. The zero-order chi connectivity index (χ0) is 14.2. The molecular formula is C15H23N3OS. The maximum atomic E-state index is 5.37. The van der Waals surface area contributed by atoms with Crippen molar-refractivity contribution in [3.63, 3.8) is 0 Å². The minimum absolute atomic E-state index is 0.566. The van der Waals surface area contributed by atoms with E-state index in [1.165, 1.54) is 4.90 Å². The second kappa shape index (κ2) is 8.04. The van der Waals surface area contributed by atoms with E-state index in [-0.39, 0.29) is 0 Å². The summed E-state index contributed by atoms with van der Waals surface area (Å²) in [4.78, 5) is 5.62. The molecule has 0 aliphatic carbocycles. The third kappa shape index (κ3) is 4.63. The summed E-state index contributed by atoms with van der Waals surface area (Å²) >= 11 is 1.84. The fourth-order valence-corrected chi connectivity index (χ4v) is 3.00. The summed E-state index contributed by atoms with van der Waals surface area (Å²) in [6.45, 7) is 5.14. The number of thioether (sulfide) groups is 1. The highest BCUT2D eigenvalue weighted by Gasteiger charge is 2.09. The summed E-state index contributed by atoms with van der Waals surface area (Å²) in [6, 6.07) is 8.16. The Kier molecular flexibility index (Phi) is 6.05. The number of para-hydroxylation sites is 1. The Bertz CT molecular complexity index is 450. The van der Waals surface area contributed by atoms with Gasteiger partial charge in [0, 0.05) is 30.3 Å². The van der Waals surface area contributed by atoms with Crippen molar-refractivity contribution in [3.8, 4) is 5.75 Å². The number of rotatable bonds is 6. The van der Waals surface area contributed by atoms with Gasteiger partial charge in [-0.25, -0.2) is 0 Å². The monoisotopic (exact) mass is 293 g/mol. The first kappa shape index (κ1) is 15.0.